The first-order valence-corrected chi connectivity index (χ1v) is 8.19. The molecule has 1 aromatic carbocycles. The minimum atomic E-state index is -0.0620. The van der Waals surface area contributed by atoms with E-state index in [1.54, 1.807) is 6.92 Å². The molecule has 24 heavy (non-hydrogen) atoms. The summed E-state index contributed by atoms with van der Waals surface area (Å²) in [6.45, 7) is 5.17. The van der Waals surface area contributed by atoms with Gasteiger partial charge in [-0.1, -0.05) is 16.8 Å². The molecule has 2 heterocycles. The summed E-state index contributed by atoms with van der Waals surface area (Å²) in [5, 5.41) is 7.28. The molecule has 1 aromatic heterocycles. The Hall–Kier alpha value is -2.21. The average Bonchev–Trinajstić information content (AvgIpc) is 2.87. The van der Waals surface area contributed by atoms with Gasteiger partial charge in [0, 0.05) is 12.1 Å². The number of rotatable bonds is 5. The van der Waals surface area contributed by atoms with Crippen LogP contribution < -0.4 is 14.8 Å². The first-order chi connectivity index (χ1) is 11.5. The maximum atomic E-state index is 12.1. The van der Waals surface area contributed by atoms with Crippen LogP contribution in [-0.2, 0) is 17.6 Å². The van der Waals surface area contributed by atoms with Crippen molar-refractivity contribution in [2.24, 2.45) is 0 Å². The largest absolute Gasteiger partial charge is 0.486 e. The van der Waals surface area contributed by atoms with Crippen LogP contribution in [0.4, 0.5) is 0 Å². The first-order valence-electron chi connectivity index (χ1n) is 7.81. The monoisotopic (exact) mass is 350 g/mol. The fourth-order valence-electron chi connectivity index (χ4n) is 2.63. The predicted molar refractivity (Wildman–Crippen MR) is 88.8 cm³/mol. The van der Waals surface area contributed by atoms with Crippen LogP contribution in [-0.4, -0.2) is 30.8 Å². The number of hydrogen-bond donors (Lipinski definition) is 1. The van der Waals surface area contributed by atoms with Gasteiger partial charge in [-0.25, -0.2) is 0 Å². The second-order valence-corrected chi connectivity index (χ2v) is 6.09. The van der Waals surface area contributed by atoms with Crippen molar-refractivity contribution in [1.29, 1.82) is 0 Å². The zero-order valence-electron chi connectivity index (χ0n) is 13.6. The van der Waals surface area contributed by atoms with Crippen molar-refractivity contribution in [3.05, 3.63) is 39.7 Å². The lowest BCUT2D eigenvalue weighted by atomic mass is 10.1. The highest BCUT2D eigenvalue weighted by molar-refractivity contribution is 6.32. The number of benzene rings is 1. The average molecular weight is 351 g/mol. The van der Waals surface area contributed by atoms with Crippen LogP contribution >= 0.6 is 11.6 Å². The molecule has 2 aromatic rings. The van der Waals surface area contributed by atoms with E-state index in [1.165, 1.54) is 0 Å². The Kier molecular flexibility index (Phi) is 4.94. The smallest absolute Gasteiger partial charge is 0.224 e. The summed E-state index contributed by atoms with van der Waals surface area (Å²) in [7, 11) is 0. The Morgan fingerprint density at radius 2 is 2.08 bits per heavy atom. The molecule has 3 rings (SSSR count). The number of nitrogens with zero attached hydrogens (tertiary/aromatic N) is 1. The van der Waals surface area contributed by atoms with E-state index >= 15 is 0 Å². The van der Waals surface area contributed by atoms with Gasteiger partial charge in [0.2, 0.25) is 5.91 Å². The van der Waals surface area contributed by atoms with Gasteiger partial charge < -0.3 is 19.3 Å². The van der Waals surface area contributed by atoms with Gasteiger partial charge >= 0.3 is 0 Å². The molecule has 0 saturated carbocycles. The fraction of sp³-hybridized carbons (Fsp3) is 0.412. The molecule has 0 aliphatic carbocycles. The number of amides is 1. The highest BCUT2D eigenvalue weighted by atomic mass is 35.5. The third kappa shape index (κ3) is 3.64. The zero-order valence-corrected chi connectivity index (χ0v) is 14.4. The van der Waals surface area contributed by atoms with Crippen LogP contribution in [0, 0.1) is 13.8 Å². The Bertz CT molecular complexity index is 738. The van der Waals surface area contributed by atoms with E-state index in [-0.39, 0.29) is 12.3 Å². The predicted octanol–water partition coefficient (Wildman–Crippen LogP) is 2.62. The second kappa shape index (κ2) is 7.13. The van der Waals surface area contributed by atoms with E-state index in [0.29, 0.717) is 48.5 Å². The van der Waals surface area contributed by atoms with Gasteiger partial charge in [-0.15, -0.1) is 0 Å². The number of aryl methyl sites for hydroxylation is 2. The molecular weight excluding hydrogens is 332 g/mol. The van der Waals surface area contributed by atoms with E-state index in [1.807, 2.05) is 19.1 Å². The van der Waals surface area contributed by atoms with E-state index in [2.05, 4.69) is 10.5 Å². The van der Waals surface area contributed by atoms with E-state index in [9.17, 15) is 4.79 Å². The Morgan fingerprint density at radius 1 is 1.29 bits per heavy atom. The van der Waals surface area contributed by atoms with Crippen LogP contribution in [0.5, 0.6) is 11.5 Å². The molecule has 0 fully saturated rings. The van der Waals surface area contributed by atoms with Crippen LogP contribution in [0.1, 0.15) is 22.6 Å². The SMILES string of the molecule is Cc1noc(C)c1CC(=O)NCCc1cc(Cl)c2c(c1)OCCO2. The van der Waals surface area contributed by atoms with Crippen molar-refractivity contribution in [3.63, 3.8) is 0 Å². The molecule has 128 valence electrons. The van der Waals surface area contributed by atoms with Gasteiger partial charge in [0.1, 0.15) is 19.0 Å². The van der Waals surface area contributed by atoms with Crippen molar-refractivity contribution in [3.8, 4) is 11.5 Å². The number of carbonyl (C=O) groups excluding carboxylic acids is 1. The van der Waals surface area contributed by atoms with E-state index in [4.69, 9.17) is 25.6 Å². The third-order valence-corrected chi connectivity index (χ3v) is 4.19. The maximum Gasteiger partial charge on any atom is 0.224 e. The van der Waals surface area contributed by atoms with Gasteiger partial charge in [0.05, 0.1) is 17.1 Å². The van der Waals surface area contributed by atoms with Crippen molar-refractivity contribution in [2.75, 3.05) is 19.8 Å². The number of carbonyl (C=O) groups is 1. The van der Waals surface area contributed by atoms with E-state index < -0.39 is 0 Å². The summed E-state index contributed by atoms with van der Waals surface area (Å²) in [5.74, 6) is 1.87. The number of hydrogen-bond acceptors (Lipinski definition) is 5. The van der Waals surface area contributed by atoms with Gasteiger partial charge in [0.25, 0.3) is 0 Å². The minimum absolute atomic E-state index is 0.0620. The zero-order chi connectivity index (χ0) is 17.1. The lowest BCUT2D eigenvalue weighted by Crippen LogP contribution is -2.27. The van der Waals surface area contributed by atoms with Crippen LogP contribution in [0.25, 0.3) is 0 Å². The van der Waals surface area contributed by atoms with Crippen molar-refractivity contribution >= 4 is 17.5 Å². The van der Waals surface area contributed by atoms with Crippen LogP contribution in [0.2, 0.25) is 5.02 Å². The fourth-order valence-corrected chi connectivity index (χ4v) is 2.92. The topological polar surface area (TPSA) is 73.6 Å². The lowest BCUT2D eigenvalue weighted by molar-refractivity contribution is -0.120. The molecule has 0 saturated heterocycles. The summed E-state index contributed by atoms with van der Waals surface area (Å²) < 4.78 is 16.1. The summed E-state index contributed by atoms with van der Waals surface area (Å²) in [6.07, 6.45) is 0.923. The van der Waals surface area contributed by atoms with Gasteiger partial charge in [-0.2, -0.15) is 0 Å². The second-order valence-electron chi connectivity index (χ2n) is 5.68. The first kappa shape index (κ1) is 16.6. The molecule has 1 N–H and O–H groups in total. The molecule has 0 bridgehead atoms. The number of fused-ring (bicyclic) bond motifs is 1. The number of aromatic nitrogens is 1. The van der Waals surface area contributed by atoms with Gasteiger partial charge in [-0.05, 0) is 38.0 Å². The molecule has 1 aliphatic rings. The van der Waals surface area contributed by atoms with Gasteiger partial charge in [-0.3, -0.25) is 4.79 Å². The Labute approximate surface area is 145 Å². The standard InChI is InChI=1S/C17H19ClN2O4/c1-10-13(11(2)24-20-10)9-16(21)19-4-3-12-7-14(18)17-15(8-12)22-5-6-23-17/h7-8H,3-6,9H2,1-2H3,(H,19,21). The van der Waals surface area contributed by atoms with Gasteiger partial charge in [0.15, 0.2) is 11.5 Å². The summed E-state index contributed by atoms with van der Waals surface area (Å²) >= 11 is 6.21. The highest BCUT2D eigenvalue weighted by Gasteiger charge is 2.17. The summed E-state index contributed by atoms with van der Waals surface area (Å²) in [5.41, 5.74) is 2.58. The van der Waals surface area contributed by atoms with Crippen molar-refractivity contribution < 1.29 is 18.8 Å². The Balaban J connectivity index is 1.55. The molecule has 0 radical (unpaired) electrons. The highest BCUT2D eigenvalue weighted by Crippen LogP contribution is 2.38. The maximum absolute atomic E-state index is 12.1. The molecular formula is C17H19ClN2O4. The number of nitrogens with one attached hydrogen (secondary N) is 1. The molecule has 0 unspecified atom stereocenters. The van der Waals surface area contributed by atoms with Crippen molar-refractivity contribution in [2.45, 2.75) is 26.7 Å². The molecule has 0 atom stereocenters. The van der Waals surface area contributed by atoms with Crippen molar-refractivity contribution in [1.82, 2.24) is 10.5 Å². The van der Waals surface area contributed by atoms with Crippen LogP contribution in [0.3, 0.4) is 0 Å². The normalized spacial score (nSPS) is 13.0. The Morgan fingerprint density at radius 3 is 2.83 bits per heavy atom. The summed E-state index contributed by atoms with van der Waals surface area (Å²) in [6, 6.07) is 3.75. The minimum Gasteiger partial charge on any atom is -0.486 e. The molecule has 7 heteroatoms. The lowest BCUT2D eigenvalue weighted by Gasteiger charge is -2.20. The van der Waals surface area contributed by atoms with Crippen LogP contribution in [0.15, 0.2) is 16.7 Å². The molecule has 6 nitrogen and oxygen atoms in total. The number of halogens is 1. The summed E-state index contributed by atoms with van der Waals surface area (Å²) in [4.78, 5) is 12.1. The molecule has 1 amide bonds. The third-order valence-electron chi connectivity index (χ3n) is 3.91. The van der Waals surface area contributed by atoms with E-state index in [0.717, 1.165) is 16.8 Å². The quantitative estimate of drug-likeness (QED) is 0.897. The molecule has 1 aliphatic heterocycles. The number of ether oxygens (including phenoxy) is 2. The molecule has 0 spiro atoms.